The lowest BCUT2D eigenvalue weighted by atomic mass is 10.1. The first-order valence-corrected chi connectivity index (χ1v) is 5.69. The summed E-state index contributed by atoms with van der Waals surface area (Å²) in [5.74, 6) is 1.18. The third-order valence-electron chi connectivity index (χ3n) is 3.16. The van der Waals surface area contributed by atoms with Crippen molar-refractivity contribution in [3.05, 3.63) is 22.7 Å². The Hall–Kier alpha value is -1.36. The van der Waals surface area contributed by atoms with E-state index in [9.17, 15) is 4.79 Å². The molecule has 1 aromatic heterocycles. The molecule has 0 amide bonds. The number of hydrogen-bond acceptors (Lipinski definition) is 4. The maximum Gasteiger partial charge on any atom is 0.293 e. The second kappa shape index (κ2) is 4.65. The quantitative estimate of drug-likeness (QED) is 0.779. The molecule has 2 heterocycles. The zero-order valence-corrected chi connectivity index (χ0v) is 9.59. The average Bonchev–Trinajstić information content (AvgIpc) is 2.71. The predicted molar refractivity (Wildman–Crippen MR) is 63.5 cm³/mol. The zero-order valence-electron chi connectivity index (χ0n) is 9.59. The number of nitrogens with zero attached hydrogens (tertiary/aromatic N) is 3. The van der Waals surface area contributed by atoms with Gasteiger partial charge < -0.3 is 15.2 Å². The lowest BCUT2D eigenvalue weighted by Gasteiger charge is -2.16. The molecule has 2 rings (SSSR count). The summed E-state index contributed by atoms with van der Waals surface area (Å²) in [6, 6.07) is 0. The summed E-state index contributed by atoms with van der Waals surface area (Å²) in [6.07, 6.45) is 5.49. The van der Waals surface area contributed by atoms with Gasteiger partial charge in [-0.25, -0.2) is 4.98 Å². The van der Waals surface area contributed by atoms with Crippen LogP contribution in [0, 0.1) is 5.92 Å². The molecule has 0 radical (unpaired) electrons. The van der Waals surface area contributed by atoms with E-state index in [0.29, 0.717) is 11.7 Å². The fourth-order valence-corrected chi connectivity index (χ4v) is 2.20. The van der Waals surface area contributed by atoms with E-state index in [1.165, 1.54) is 0 Å². The number of rotatable bonds is 3. The summed E-state index contributed by atoms with van der Waals surface area (Å²) in [7, 11) is 1.75. The van der Waals surface area contributed by atoms with E-state index in [4.69, 9.17) is 5.73 Å². The largest absolute Gasteiger partial charge is 0.352 e. The molecule has 16 heavy (non-hydrogen) atoms. The van der Waals surface area contributed by atoms with Gasteiger partial charge in [-0.1, -0.05) is 0 Å². The topological polar surface area (TPSA) is 64.2 Å². The first-order valence-electron chi connectivity index (χ1n) is 5.69. The van der Waals surface area contributed by atoms with Crippen molar-refractivity contribution < 1.29 is 0 Å². The minimum Gasteiger partial charge on any atom is -0.352 e. The Balaban J connectivity index is 2.15. The molecule has 1 unspecified atom stereocenters. The van der Waals surface area contributed by atoms with Crippen LogP contribution in [0.2, 0.25) is 0 Å². The molecule has 0 aliphatic carbocycles. The molecule has 0 saturated carbocycles. The molecule has 5 nitrogen and oxygen atoms in total. The fourth-order valence-electron chi connectivity index (χ4n) is 2.20. The van der Waals surface area contributed by atoms with Gasteiger partial charge in [-0.15, -0.1) is 0 Å². The third-order valence-corrected chi connectivity index (χ3v) is 3.16. The normalized spacial score (nSPS) is 20.4. The van der Waals surface area contributed by atoms with Crippen molar-refractivity contribution >= 4 is 5.82 Å². The summed E-state index contributed by atoms with van der Waals surface area (Å²) in [4.78, 5) is 18.1. The lowest BCUT2D eigenvalue weighted by Crippen LogP contribution is -2.31. The average molecular weight is 222 g/mol. The highest BCUT2D eigenvalue weighted by Crippen LogP contribution is 2.21. The zero-order chi connectivity index (χ0) is 11.5. The van der Waals surface area contributed by atoms with Crippen molar-refractivity contribution in [1.29, 1.82) is 0 Å². The smallest absolute Gasteiger partial charge is 0.293 e. The molecule has 1 saturated heterocycles. The van der Waals surface area contributed by atoms with E-state index in [1.54, 1.807) is 24.0 Å². The number of aromatic nitrogens is 2. The van der Waals surface area contributed by atoms with Crippen LogP contribution in [0.5, 0.6) is 0 Å². The summed E-state index contributed by atoms with van der Waals surface area (Å²) in [6.45, 7) is 2.54. The molecule has 1 aliphatic heterocycles. The first-order chi connectivity index (χ1) is 7.72. The molecular formula is C11H18N4O. The minimum atomic E-state index is -0.0177. The summed E-state index contributed by atoms with van der Waals surface area (Å²) in [5.41, 5.74) is 5.53. The first kappa shape index (κ1) is 11.1. The second-order valence-corrected chi connectivity index (χ2v) is 4.34. The standard InChI is InChI=1S/C11H18N4O/c1-14-7-5-13-10(11(14)16)15-6-3-9(8-15)2-4-12/h5,7,9H,2-4,6,8,12H2,1H3. The fraction of sp³-hybridized carbons (Fsp3) is 0.636. The SMILES string of the molecule is Cn1ccnc(N2CCC(CCN)C2)c1=O. The Labute approximate surface area is 94.9 Å². The monoisotopic (exact) mass is 222 g/mol. The van der Waals surface area contributed by atoms with Crippen molar-refractivity contribution in [1.82, 2.24) is 9.55 Å². The van der Waals surface area contributed by atoms with Crippen molar-refractivity contribution in [3.8, 4) is 0 Å². The Morgan fingerprint density at radius 1 is 1.62 bits per heavy atom. The number of aryl methyl sites for hydroxylation is 1. The Morgan fingerprint density at radius 3 is 3.19 bits per heavy atom. The molecule has 0 aromatic carbocycles. The molecule has 5 heteroatoms. The van der Waals surface area contributed by atoms with E-state index in [2.05, 4.69) is 9.88 Å². The van der Waals surface area contributed by atoms with Gasteiger partial charge in [-0.2, -0.15) is 0 Å². The van der Waals surface area contributed by atoms with Gasteiger partial charge in [-0.05, 0) is 25.3 Å². The van der Waals surface area contributed by atoms with Gasteiger partial charge in [0.05, 0.1) is 0 Å². The maximum absolute atomic E-state index is 11.9. The van der Waals surface area contributed by atoms with Gasteiger partial charge in [0.25, 0.3) is 5.56 Å². The van der Waals surface area contributed by atoms with Crippen LogP contribution < -0.4 is 16.2 Å². The highest BCUT2D eigenvalue weighted by molar-refractivity contribution is 5.36. The highest BCUT2D eigenvalue weighted by atomic mass is 16.1. The molecular weight excluding hydrogens is 204 g/mol. The third kappa shape index (κ3) is 2.09. The minimum absolute atomic E-state index is 0.0177. The van der Waals surface area contributed by atoms with Crippen molar-refractivity contribution in [2.24, 2.45) is 18.7 Å². The summed E-state index contributed by atoms with van der Waals surface area (Å²) >= 11 is 0. The molecule has 1 fully saturated rings. The van der Waals surface area contributed by atoms with E-state index >= 15 is 0 Å². The molecule has 2 N–H and O–H groups in total. The van der Waals surface area contributed by atoms with Crippen LogP contribution in [-0.4, -0.2) is 29.2 Å². The van der Waals surface area contributed by atoms with Crippen LogP contribution >= 0.6 is 0 Å². The van der Waals surface area contributed by atoms with Crippen LogP contribution in [-0.2, 0) is 7.05 Å². The van der Waals surface area contributed by atoms with Crippen LogP contribution in [0.25, 0.3) is 0 Å². The molecule has 0 spiro atoms. The number of anilines is 1. The summed E-state index contributed by atoms with van der Waals surface area (Å²) < 4.78 is 1.57. The van der Waals surface area contributed by atoms with Crippen molar-refractivity contribution in [2.75, 3.05) is 24.5 Å². The van der Waals surface area contributed by atoms with Gasteiger partial charge in [-0.3, -0.25) is 4.79 Å². The maximum atomic E-state index is 11.9. The lowest BCUT2D eigenvalue weighted by molar-refractivity contribution is 0.546. The number of hydrogen-bond donors (Lipinski definition) is 1. The van der Waals surface area contributed by atoms with Gasteiger partial charge in [0.2, 0.25) is 0 Å². The van der Waals surface area contributed by atoms with E-state index in [1.807, 2.05) is 0 Å². The van der Waals surface area contributed by atoms with Gasteiger partial charge in [0.1, 0.15) is 0 Å². The van der Waals surface area contributed by atoms with Crippen LogP contribution in [0.4, 0.5) is 5.82 Å². The van der Waals surface area contributed by atoms with Crippen LogP contribution in [0.3, 0.4) is 0 Å². The Morgan fingerprint density at radius 2 is 2.44 bits per heavy atom. The van der Waals surface area contributed by atoms with Crippen LogP contribution in [0.1, 0.15) is 12.8 Å². The molecule has 1 aliphatic rings. The van der Waals surface area contributed by atoms with Crippen LogP contribution in [0.15, 0.2) is 17.2 Å². The Kier molecular flexibility index (Phi) is 3.24. The van der Waals surface area contributed by atoms with Gasteiger partial charge in [0.15, 0.2) is 5.82 Å². The van der Waals surface area contributed by atoms with Crippen molar-refractivity contribution in [3.63, 3.8) is 0 Å². The van der Waals surface area contributed by atoms with Crippen molar-refractivity contribution in [2.45, 2.75) is 12.8 Å². The molecule has 1 atom stereocenters. The van der Waals surface area contributed by atoms with Gasteiger partial charge >= 0.3 is 0 Å². The Bertz CT molecular complexity index is 415. The second-order valence-electron chi connectivity index (χ2n) is 4.34. The molecule has 1 aromatic rings. The van der Waals surface area contributed by atoms with E-state index in [0.717, 1.165) is 32.5 Å². The predicted octanol–water partition coefficient (Wildman–Crippen LogP) is -0.0446. The van der Waals surface area contributed by atoms with E-state index < -0.39 is 0 Å². The highest BCUT2D eigenvalue weighted by Gasteiger charge is 2.24. The van der Waals surface area contributed by atoms with Gasteiger partial charge in [0, 0.05) is 32.5 Å². The van der Waals surface area contributed by atoms with E-state index in [-0.39, 0.29) is 5.56 Å². The number of nitrogens with two attached hydrogens (primary N) is 1. The molecule has 0 bridgehead atoms. The molecule has 88 valence electrons. The summed E-state index contributed by atoms with van der Waals surface area (Å²) in [5, 5.41) is 0.